The van der Waals surface area contributed by atoms with Crippen LogP contribution in [-0.4, -0.2) is 23.1 Å². The Morgan fingerprint density at radius 2 is 1.43 bits per heavy atom. The Labute approximate surface area is 332 Å². The lowest BCUT2D eigenvalue weighted by Gasteiger charge is -2.26. The van der Waals surface area contributed by atoms with Crippen LogP contribution in [0.25, 0.3) is 16.7 Å². The Kier molecular flexibility index (Phi) is 18.0. The number of Topliss-reactive ketones (excluding diaryl/α,β-unsaturated/α-hetero) is 3. The highest BCUT2D eigenvalue weighted by Gasteiger charge is 2.42. The summed E-state index contributed by atoms with van der Waals surface area (Å²) in [5.41, 5.74) is 3.87. The van der Waals surface area contributed by atoms with Crippen molar-refractivity contribution in [3.05, 3.63) is 162 Å². The molecule has 7 heteroatoms. The van der Waals surface area contributed by atoms with E-state index in [1.807, 2.05) is 32.1 Å². The van der Waals surface area contributed by atoms with E-state index in [9.17, 15) is 32.3 Å². The average molecular weight is 767 g/mol. The molecule has 0 saturated carbocycles. The van der Waals surface area contributed by atoms with Gasteiger partial charge in [0.25, 0.3) is 0 Å². The number of aryl methyl sites for hydroxylation is 1. The van der Waals surface area contributed by atoms with Crippen LogP contribution >= 0.6 is 0 Å². The minimum Gasteiger partial charge on any atom is -0.300 e. The Balaban J connectivity index is 0.000000613. The fraction of sp³-hybridized carbons (Fsp3) is 0.306. The molecule has 4 nitrogen and oxygen atoms in total. The fourth-order valence-electron chi connectivity index (χ4n) is 6.52. The molecule has 56 heavy (non-hydrogen) atoms. The van der Waals surface area contributed by atoms with E-state index in [2.05, 4.69) is 45.7 Å². The molecule has 5 rings (SSSR count). The van der Waals surface area contributed by atoms with E-state index in [0.717, 1.165) is 25.0 Å². The second-order valence-electron chi connectivity index (χ2n) is 13.7. The highest BCUT2D eigenvalue weighted by atomic mass is 19.4. The largest absolute Gasteiger partial charge is 0.416 e. The van der Waals surface area contributed by atoms with Gasteiger partial charge in [-0.1, -0.05) is 140 Å². The third kappa shape index (κ3) is 11.5. The highest BCUT2D eigenvalue weighted by Crippen LogP contribution is 2.43. The molecule has 0 aromatic heterocycles. The van der Waals surface area contributed by atoms with Crippen molar-refractivity contribution in [1.82, 2.24) is 0 Å². The average Bonchev–Trinajstić information content (AvgIpc) is 3.57. The maximum Gasteiger partial charge on any atom is 0.416 e. The summed E-state index contributed by atoms with van der Waals surface area (Å²) in [5.74, 6) is -0.907. The van der Waals surface area contributed by atoms with Crippen molar-refractivity contribution in [2.24, 2.45) is 5.92 Å². The monoisotopic (exact) mass is 766 g/mol. The molecule has 0 spiro atoms. The number of allylic oxidation sites excluding steroid dienone is 3. The van der Waals surface area contributed by atoms with E-state index in [-0.39, 0.29) is 47.7 Å². The molecule has 4 aromatic rings. The van der Waals surface area contributed by atoms with Crippen LogP contribution in [0.15, 0.2) is 123 Å². The van der Waals surface area contributed by atoms with Crippen molar-refractivity contribution in [1.29, 1.82) is 0 Å². The molecule has 0 saturated heterocycles. The summed E-state index contributed by atoms with van der Waals surface area (Å²) in [6.07, 6.45) is 2.79. The third-order valence-electron chi connectivity index (χ3n) is 9.12. The Bertz CT molecular complexity index is 2030. The number of rotatable bonds is 12. The Morgan fingerprint density at radius 1 is 0.839 bits per heavy atom. The first-order valence-corrected chi connectivity index (χ1v) is 19.1. The molecule has 0 fully saturated rings. The number of carbonyl (C=O) groups is 4. The summed E-state index contributed by atoms with van der Waals surface area (Å²) in [5, 5.41) is 0. The van der Waals surface area contributed by atoms with Crippen molar-refractivity contribution in [3.63, 3.8) is 0 Å². The topological polar surface area (TPSA) is 68.3 Å². The minimum absolute atomic E-state index is 0. The van der Waals surface area contributed by atoms with Gasteiger partial charge < -0.3 is 0 Å². The van der Waals surface area contributed by atoms with E-state index in [4.69, 9.17) is 0 Å². The van der Waals surface area contributed by atoms with Gasteiger partial charge in [-0.2, -0.15) is 13.2 Å². The molecule has 1 unspecified atom stereocenters. The summed E-state index contributed by atoms with van der Waals surface area (Å²) >= 11 is 0. The van der Waals surface area contributed by atoms with Crippen LogP contribution in [0.4, 0.5) is 13.2 Å². The molecule has 1 atom stereocenters. The second-order valence-corrected chi connectivity index (χ2v) is 13.7. The zero-order chi connectivity index (χ0) is 42.2. The number of carbonyl (C=O) groups excluding carboxylic acids is 4. The van der Waals surface area contributed by atoms with Gasteiger partial charge in [0.05, 0.1) is 11.0 Å². The maximum atomic E-state index is 13.5. The molecule has 0 aliphatic heterocycles. The lowest BCUT2D eigenvalue weighted by Crippen LogP contribution is -2.31. The predicted molar refractivity (Wildman–Crippen MR) is 226 cm³/mol. The zero-order valence-corrected chi connectivity index (χ0v) is 33.8. The first-order valence-electron chi connectivity index (χ1n) is 19.1. The fourth-order valence-corrected chi connectivity index (χ4v) is 6.52. The van der Waals surface area contributed by atoms with E-state index in [1.54, 1.807) is 56.3 Å². The normalized spacial score (nSPS) is 14.0. The van der Waals surface area contributed by atoms with Gasteiger partial charge in [0.15, 0.2) is 17.3 Å². The molecule has 0 bridgehead atoms. The first kappa shape index (κ1) is 46.7. The van der Waals surface area contributed by atoms with Crippen LogP contribution in [0.2, 0.25) is 0 Å². The Morgan fingerprint density at radius 3 is 1.98 bits per heavy atom. The van der Waals surface area contributed by atoms with Crippen LogP contribution in [0, 0.1) is 5.92 Å². The standard InChI is InChI=1S/C29H25F3O3.C15H16O.C3H8.C2H6.H2/c1-17(2)27(34)26-16-20(15-18(3)33)9-14-23(26)19(4)28(35)25-8-6-5-7-24(25)21-10-12-22(13-11-21)29(30,31)32;1-3-10-15(14(16)4-2)11-9-12-7-5-6-8-13(12)15;1-3-2;1-2;/h5-14,16-17H,4,15H2,1-3H3;3-8H,1-2,9-11H2;3H2,1-2H3;1-2H3;1H. The Hall–Kier alpha value is -5.43. The number of ketones is 4. The molecule has 1 aliphatic carbocycles. The van der Waals surface area contributed by atoms with Crippen LogP contribution < -0.4 is 0 Å². The quantitative estimate of drug-likeness (QED) is 0.0818. The van der Waals surface area contributed by atoms with Gasteiger partial charge in [-0.25, -0.2) is 0 Å². The molecule has 0 heterocycles. The molecular formula is C49H57F3O4. The van der Waals surface area contributed by atoms with Crippen molar-refractivity contribution < 1.29 is 33.8 Å². The second kappa shape index (κ2) is 21.6. The zero-order valence-electron chi connectivity index (χ0n) is 33.8. The van der Waals surface area contributed by atoms with Gasteiger partial charge in [0.2, 0.25) is 0 Å². The third-order valence-corrected chi connectivity index (χ3v) is 9.12. The number of benzene rings is 4. The van der Waals surface area contributed by atoms with E-state index >= 15 is 0 Å². The summed E-state index contributed by atoms with van der Waals surface area (Å²) < 4.78 is 38.9. The van der Waals surface area contributed by atoms with Crippen LogP contribution in [0.3, 0.4) is 0 Å². The van der Waals surface area contributed by atoms with Crippen molar-refractivity contribution in [3.8, 4) is 11.1 Å². The molecule has 1 aliphatic rings. The number of hydrogen-bond acceptors (Lipinski definition) is 4. The van der Waals surface area contributed by atoms with Crippen molar-refractivity contribution >= 4 is 28.7 Å². The molecule has 0 amide bonds. The van der Waals surface area contributed by atoms with E-state index < -0.39 is 17.5 Å². The smallest absolute Gasteiger partial charge is 0.300 e. The maximum absolute atomic E-state index is 13.5. The van der Waals surface area contributed by atoms with Gasteiger partial charge in [-0.15, -0.1) is 6.58 Å². The summed E-state index contributed by atoms with van der Waals surface area (Å²) in [7, 11) is 0. The number of hydrogen-bond donors (Lipinski definition) is 0. The molecule has 4 aromatic carbocycles. The summed E-state index contributed by atoms with van der Waals surface area (Å²) in [6, 6.07) is 24.3. The van der Waals surface area contributed by atoms with E-state index in [1.165, 1.54) is 42.7 Å². The SMILES string of the molecule is C=C(C(=O)c1ccccc1-c1ccc(C(F)(F)F)cc1)c1ccc(CC(C)=O)cc1C(=O)C(C)C.C=CCC1(C(=O)C=C)CCc2ccccc21.CC.CCC.[HH]. The van der Waals surface area contributed by atoms with Crippen molar-refractivity contribution in [2.45, 2.75) is 92.2 Å². The predicted octanol–water partition coefficient (Wildman–Crippen LogP) is 13.1. The molecule has 0 N–H and O–H groups in total. The highest BCUT2D eigenvalue weighted by molar-refractivity contribution is 6.31. The van der Waals surface area contributed by atoms with Gasteiger partial charge in [0.1, 0.15) is 5.78 Å². The van der Waals surface area contributed by atoms with Gasteiger partial charge in [-0.05, 0) is 83.8 Å². The van der Waals surface area contributed by atoms with Gasteiger partial charge in [0, 0.05) is 30.5 Å². The number of alkyl halides is 3. The van der Waals surface area contributed by atoms with Crippen molar-refractivity contribution in [2.75, 3.05) is 0 Å². The van der Waals surface area contributed by atoms with E-state index in [0.29, 0.717) is 34.2 Å². The lowest BCUT2D eigenvalue weighted by molar-refractivity contribution is -0.137. The summed E-state index contributed by atoms with van der Waals surface area (Å²) in [4.78, 5) is 50.2. The molecular weight excluding hydrogens is 710 g/mol. The van der Waals surface area contributed by atoms with Crippen LogP contribution in [0.1, 0.15) is 118 Å². The summed E-state index contributed by atoms with van der Waals surface area (Å²) in [6.45, 7) is 24.5. The first-order chi connectivity index (χ1) is 26.6. The number of fused-ring (bicyclic) bond motifs is 1. The van der Waals surface area contributed by atoms with Gasteiger partial charge in [-0.3, -0.25) is 19.2 Å². The van der Waals surface area contributed by atoms with Gasteiger partial charge >= 0.3 is 6.18 Å². The number of halogens is 3. The molecule has 0 radical (unpaired) electrons. The minimum atomic E-state index is -4.46. The molecule has 298 valence electrons. The van der Waals surface area contributed by atoms with Crippen LogP contribution in [-0.2, 0) is 34.0 Å². The lowest BCUT2D eigenvalue weighted by atomic mass is 9.75. The van der Waals surface area contributed by atoms with Crippen LogP contribution in [0.5, 0.6) is 0 Å².